The normalized spacial score (nSPS) is 12.0. The number of rotatable bonds is 4. The van der Waals surface area contributed by atoms with Crippen LogP contribution in [-0.4, -0.2) is 18.3 Å². The highest BCUT2D eigenvalue weighted by Gasteiger charge is 2.24. The van der Waals surface area contributed by atoms with E-state index in [9.17, 15) is 5.26 Å². The van der Waals surface area contributed by atoms with Gasteiger partial charge in [-0.3, -0.25) is 0 Å². The number of fused-ring (bicyclic) bond motifs is 14. The molecule has 9 aromatic carbocycles. The Morgan fingerprint density at radius 2 is 0.733 bits per heavy atom. The Balaban J connectivity index is 1.20. The van der Waals surface area contributed by atoms with Crippen molar-refractivity contribution in [1.82, 2.24) is 18.3 Å². The highest BCUT2D eigenvalue weighted by molar-refractivity contribution is 6.28. The van der Waals surface area contributed by atoms with Crippen molar-refractivity contribution < 1.29 is 0 Å². The number of hydrogen-bond acceptors (Lipinski definition) is 1. The van der Waals surface area contributed by atoms with Crippen LogP contribution in [0.3, 0.4) is 0 Å². The molecule has 60 heavy (non-hydrogen) atoms. The van der Waals surface area contributed by atoms with Crippen molar-refractivity contribution in [2.75, 3.05) is 0 Å². The fourth-order valence-electron chi connectivity index (χ4n) is 10.2. The van der Waals surface area contributed by atoms with Gasteiger partial charge in [0.05, 0.1) is 49.7 Å². The van der Waals surface area contributed by atoms with Gasteiger partial charge in [-0.2, -0.15) is 5.26 Å². The maximum absolute atomic E-state index is 10.4. The van der Waals surface area contributed by atoms with Gasteiger partial charge in [0, 0.05) is 65.8 Å². The summed E-state index contributed by atoms with van der Waals surface area (Å²) >= 11 is 0. The molecule has 0 radical (unpaired) electrons. The first-order valence-electron chi connectivity index (χ1n) is 20.3. The largest absolute Gasteiger partial charge is 0.309 e. The van der Waals surface area contributed by atoms with Crippen LogP contribution in [0.5, 0.6) is 0 Å². The molecule has 0 fully saturated rings. The molecular formula is C55H33N5. The van der Waals surface area contributed by atoms with Gasteiger partial charge in [-0.25, -0.2) is 0 Å². The Hall–Kier alpha value is -8.33. The summed E-state index contributed by atoms with van der Waals surface area (Å²) in [6, 6.07) is 74.1. The molecule has 0 amide bonds. The van der Waals surface area contributed by atoms with Gasteiger partial charge in [-0.15, -0.1) is 0 Å². The second kappa shape index (κ2) is 12.3. The van der Waals surface area contributed by atoms with Gasteiger partial charge >= 0.3 is 0 Å². The number of para-hydroxylation sites is 6. The third kappa shape index (κ3) is 4.34. The molecule has 0 aliphatic heterocycles. The van der Waals surface area contributed by atoms with Gasteiger partial charge in [-0.05, 0) is 84.9 Å². The van der Waals surface area contributed by atoms with E-state index in [2.05, 4.69) is 206 Å². The lowest BCUT2D eigenvalue weighted by Crippen LogP contribution is -1.97. The number of nitriles is 1. The Labute approximate surface area is 344 Å². The topological polar surface area (TPSA) is 43.5 Å². The molecule has 5 nitrogen and oxygen atoms in total. The van der Waals surface area contributed by atoms with E-state index in [-0.39, 0.29) is 0 Å². The number of aromatic nitrogens is 4. The number of nitrogens with zero attached hydrogens (tertiary/aromatic N) is 5. The smallest absolute Gasteiger partial charge is 0.101 e. The predicted octanol–water partition coefficient (Wildman–Crippen LogP) is 13.9. The summed E-state index contributed by atoms with van der Waals surface area (Å²) in [5.41, 5.74) is 14.0. The summed E-state index contributed by atoms with van der Waals surface area (Å²) in [4.78, 5) is 0. The third-order valence-corrected chi connectivity index (χ3v) is 12.6. The molecule has 278 valence electrons. The van der Waals surface area contributed by atoms with Gasteiger partial charge in [0.2, 0.25) is 0 Å². The Kier molecular flexibility index (Phi) is 6.73. The van der Waals surface area contributed by atoms with E-state index in [1.807, 2.05) is 18.2 Å². The molecule has 4 aromatic heterocycles. The van der Waals surface area contributed by atoms with Crippen molar-refractivity contribution in [1.29, 1.82) is 5.26 Å². The van der Waals surface area contributed by atoms with Crippen LogP contribution < -0.4 is 0 Å². The Morgan fingerprint density at radius 1 is 0.283 bits per heavy atom. The van der Waals surface area contributed by atoms with Crippen molar-refractivity contribution in [3.63, 3.8) is 0 Å². The molecule has 0 N–H and O–H groups in total. The van der Waals surface area contributed by atoms with Crippen LogP contribution in [0.15, 0.2) is 200 Å². The van der Waals surface area contributed by atoms with Crippen LogP contribution in [-0.2, 0) is 0 Å². The molecule has 4 heterocycles. The molecule has 0 spiro atoms. The first-order valence-corrected chi connectivity index (χ1v) is 20.3. The van der Waals surface area contributed by atoms with Crippen LogP contribution in [0, 0.1) is 11.3 Å². The zero-order chi connectivity index (χ0) is 39.5. The van der Waals surface area contributed by atoms with Gasteiger partial charge in [-0.1, -0.05) is 115 Å². The van der Waals surface area contributed by atoms with Gasteiger partial charge in [0.15, 0.2) is 0 Å². The van der Waals surface area contributed by atoms with Crippen molar-refractivity contribution >= 4 is 87.2 Å². The summed E-state index contributed by atoms with van der Waals surface area (Å²) in [6.45, 7) is 0. The minimum absolute atomic E-state index is 0.656. The molecule has 0 aliphatic carbocycles. The standard InChI is InChI=1S/C55H33N5/c56-34-35-15-14-24-41-43-29-32-49-51(55(43)60(53(35)41)38-20-8-3-9-21-38)44-23-11-13-26-47(44)58(49)39-27-30-48-45(33-39)52-50(57(48)36-16-4-1-5-17-36)31-28-42-40-22-10-12-25-46(40)59(54(42)52)37-18-6-2-7-19-37/h1-33H. The lowest BCUT2D eigenvalue weighted by atomic mass is 10.1. The summed E-state index contributed by atoms with van der Waals surface area (Å²) in [7, 11) is 0. The van der Waals surface area contributed by atoms with Crippen LogP contribution in [0.2, 0.25) is 0 Å². The number of hydrogen-bond donors (Lipinski definition) is 0. The zero-order valence-electron chi connectivity index (χ0n) is 32.3. The monoisotopic (exact) mass is 763 g/mol. The maximum atomic E-state index is 10.4. The van der Waals surface area contributed by atoms with Crippen molar-refractivity contribution in [2.45, 2.75) is 0 Å². The van der Waals surface area contributed by atoms with E-state index in [1.54, 1.807) is 0 Å². The summed E-state index contributed by atoms with van der Waals surface area (Å²) < 4.78 is 9.60. The molecule has 0 unspecified atom stereocenters. The van der Waals surface area contributed by atoms with Crippen LogP contribution in [0.4, 0.5) is 0 Å². The minimum atomic E-state index is 0.656. The van der Waals surface area contributed by atoms with Crippen molar-refractivity contribution in [3.8, 4) is 28.8 Å². The van der Waals surface area contributed by atoms with Gasteiger partial charge in [0.25, 0.3) is 0 Å². The third-order valence-electron chi connectivity index (χ3n) is 12.6. The summed E-state index contributed by atoms with van der Waals surface area (Å²) in [5.74, 6) is 0. The average molecular weight is 764 g/mol. The maximum Gasteiger partial charge on any atom is 0.101 e. The molecule has 0 bridgehead atoms. The number of benzene rings is 9. The van der Waals surface area contributed by atoms with E-state index in [4.69, 9.17) is 0 Å². The molecule has 5 heteroatoms. The quantitative estimate of drug-likeness (QED) is 0.176. The van der Waals surface area contributed by atoms with Gasteiger partial charge < -0.3 is 18.3 Å². The van der Waals surface area contributed by atoms with Crippen LogP contribution >= 0.6 is 0 Å². The fraction of sp³-hybridized carbons (Fsp3) is 0. The minimum Gasteiger partial charge on any atom is -0.309 e. The molecule has 0 saturated carbocycles. The molecular weight excluding hydrogens is 731 g/mol. The predicted molar refractivity (Wildman–Crippen MR) is 249 cm³/mol. The SMILES string of the molecule is N#Cc1cccc2c3ccc4c(c5ccccc5n4-c4ccc5c(c4)c4c(ccc6c7ccccc7n(-c7ccccc7)c64)n5-c4ccccc4)c3n(-c3ccccc3)c12. The highest BCUT2D eigenvalue weighted by atomic mass is 15.0. The summed E-state index contributed by atoms with van der Waals surface area (Å²) in [6.07, 6.45) is 0. The molecule has 13 aromatic rings. The molecule has 13 rings (SSSR count). The second-order valence-corrected chi connectivity index (χ2v) is 15.6. The van der Waals surface area contributed by atoms with Crippen LogP contribution in [0.25, 0.3) is 110 Å². The lowest BCUT2D eigenvalue weighted by Gasteiger charge is -2.11. The average Bonchev–Trinajstić information content (AvgIpc) is 4.04. The van der Waals surface area contributed by atoms with E-state index >= 15 is 0 Å². The first-order chi connectivity index (χ1) is 29.8. The first kappa shape index (κ1) is 32.7. The highest BCUT2D eigenvalue weighted by Crippen LogP contribution is 2.45. The zero-order valence-corrected chi connectivity index (χ0v) is 32.3. The Bertz CT molecular complexity index is 3930. The van der Waals surface area contributed by atoms with Crippen LogP contribution in [0.1, 0.15) is 5.56 Å². The van der Waals surface area contributed by atoms with Crippen molar-refractivity contribution in [3.05, 3.63) is 206 Å². The summed E-state index contributed by atoms with van der Waals surface area (Å²) in [5, 5.41) is 19.8. The molecule has 0 aliphatic rings. The Morgan fingerprint density at radius 3 is 1.40 bits per heavy atom. The van der Waals surface area contributed by atoms with E-state index in [0.717, 1.165) is 77.4 Å². The van der Waals surface area contributed by atoms with E-state index in [1.165, 1.54) is 32.6 Å². The molecule has 0 atom stereocenters. The van der Waals surface area contributed by atoms with Crippen molar-refractivity contribution in [2.24, 2.45) is 0 Å². The second-order valence-electron chi connectivity index (χ2n) is 15.6. The van der Waals surface area contributed by atoms with Gasteiger partial charge in [0.1, 0.15) is 6.07 Å². The lowest BCUT2D eigenvalue weighted by molar-refractivity contribution is 1.16. The van der Waals surface area contributed by atoms with E-state index in [0.29, 0.717) is 5.56 Å². The van der Waals surface area contributed by atoms with E-state index < -0.39 is 0 Å². The fourth-order valence-corrected chi connectivity index (χ4v) is 10.2. The molecule has 0 saturated heterocycles.